The number of nitrogens with two attached hydrogens (primary N) is 1. The molecule has 9 heteroatoms. The van der Waals surface area contributed by atoms with E-state index in [9.17, 15) is 5.11 Å². The van der Waals surface area contributed by atoms with Crippen LogP contribution < -0.4 is 11.1 Å². The number of nitrogens with one attached hydrogen (secondary N) is 1. The van der Waals surface area contributed by atoms with Crippen LogP contribution in [0.25, 0.3) is 22.4 Å². The standard InChI is InChI=1S/C30H41N7O2/c1-20(22-8-12-36(13-9-22)18-21-14-25(15-21)39-24-6-10-32-11-7-24)37-19-23(17-33-37)27-16-28(34-35-30(27)31)26-4-2-3-5-29(26)38/h2-5,16-17,19-22,24-25,32,38H,6-15,18H2,1H3,(H2,31,35). The summed E-state index contributed by atoms with van der Waals surface area (Å²) in [5.41, 5.74) is 9.11. The van der Waals surface area contributed by atoms with Crippen molar-refractivity contribution in [2.75, 3.05) is 38.5 Å². The van der Waals surface area contributed by atoms with E-state index < -0.39 is 0 Å². The molecule has 208 valence electrons. The van der Waals surface area contributed by atoms with E-state index >= 15 is 0 Å². The molecule has 3 aromatic rings. The van der Waals surface area contributed by atoms with Gasteiger partial charge in [0, 0.05) is 29.4 Å². The van der Waals surface area contributed by atoms with Gasteiger partial charge in [-0.2, -0.15) is 5.10 Å². The molecule has 6 rings (SSSR count). The minimum absolute atomic E-state index is 0.167. The molecule has 0 amide bonds. The van der Waals surface area contributed by atoms with Gasteiger partial charge in [-0.05, 0) is 102 Å². The number of ether oxygens (including phenoxy) is 1. The highest BCUT2D eigenvalue weighted by Gasteiger charge is 2.34. The zero-order valence-electron chi connectivity index (χ0n) is 22.9. The van der Waals surface area contributed by atoms with Crippen molar-refractivity contribution in [3.63, 3.8) is 0 Å². The number of hydrogen-bond acceptors (Lipinski definition) is 8. The van der Waals surface area contributed by atoms with Crippen LogP contribution in [0.5, 0.6) is 5.75 Å². The van der Waals surface area contributed by atoms with Crippen molar-refractivity contribution in [2.24, 2.45) is 11.8 Å². The molecule has 2 aromatic heterocycles. The molecule has 0 spiro atoms. The van der Waals surface area contributed by atoms with Gasteiger partial charge in [0.1, 0.15) is 5.75 Å². The topological polar surface area (TPSA) is 114 Å². The van der Waals surface area contributed by atoms with Crippen LogP contribution in [0.1, 0.15) is 51.5 Å². The van der Waals surface area contributed by atoms with Gasteiger partial charge in [0.25, 0.3) is 0 Å². The van der Waals surface area contributed by atoms with Gasteiger partial charge in [-0.25, -0.2) is 0 Å². The summed E-state index contributed by atoms with van der Waals surface area (Å²) in [7, 11) is 0. The predicted octanol–water partition coefficient (Wildman–Crippen LogP) is 4.12. The first-order valence-electron chi connectivity index (χ1n) is 14.6. The summed E-state index contributed by atoms with van der Waals surface area (Å²) in [6.45, 7) is 8.00. The Balaban J connectivity index is 1.01. The van der Waals surface area contributed by atoms with Crippen LogP contribution in [-0.2, 0) is 4.74 Å². The third-order valence-electron chi connectivity index (χ3n) is 9.03. The summed E-state index contributed by atoms with van der Waals surface area (Å²) in [4.78, 5) is 2.66. The van der Waals surface area contributed by atoms with E-state index in [-0.39, 0.29) is 5.75 Å². The van der Waals surface area contributed by atoms with Crippen LogP contribution in [0.2, 0.25) is 0 Å². The Labute approximate surface area is 230 Å². The van der Waals surface area contributed by atoms with E-state index in [4.69, 9.17) is 15.6 Å². The lowest BCUT2D eigenvalue weighted by Gasteiger charge is -2.42. The molecular formula is C30H41N7O2. The maximum atomic E-state index is 10.2. The number of piperidine rings is 2. The molecule has 1 saturated carbocycles. The lowest BCUT2D eigenvalue weighted by Crippen LogP contribution is -2.45. The molecule has 1 aromatic carbocycles. The fraction of sp³-hybridized carbons (Fsp3) is 0.567. The van der Waals surface area contributed by atoms with Crippen molar-refractivity contribution >= 4 is 5.82 Å². The summed E-state index contributed by atoms with van der Waals surface area (Å²) in [5.74, 6) is 1.91. The van der Waals surface area contributed by atoms with E-state index in [0.717, 1.165) is 56.1 Å². The zero-order chi connectivity index (χ0) is 26.8. The smallest absolute Gasteiger partial charge is 0.154 e. The van der Waals surface area contributed by atoms with Crippen molar-refractivity contribution in [2.45, 2.75) is 63.7 Å². The molecule has 4 heterocycles. The first kappa shape index (κ1) is 26.2. The first-order valence-corrected chi connectivity index (χ1v) is 14.6. The van der Waals surface area contributed by atoms with Gasteiger partial charge in [0.2, 0.25) is 0 Å². The first-order chi connectivity index (χ1) is 19.0. The van der Waals surface area contributed by atoms with Gasteiger partial charge >= 0.3 is 0 Å². The highest BCUT2D eigenvalue weighted by atomic mass is 16.5. The van der Waals surface area contributed by atoms with Crippen molar-refractivity contribution in [3.8, 4) is 28.1 Å². The lowest BCUT2D eigenvalue weighted by atomic mass is 9.81. The average molecular weight is 532 g/mol. The molecule has 0 bridgehead atoms. The van der Waals surface area contributed by atoms with Gasteiger partial charge in [-0.1, -0.05) is 12.1 Å². The molecule has 1 atom stereocenters. The van der Waals surface area contributed by atoms with E-state index in [1.807, 2.05) is 24.4 Å². The third kappa shape index (κ3) is 5.95. The lowest BCUT2D eigenvalue weighted by molar-refractivity contribution is -0.0901. The normalized spacial score (nSPS) is 23.9. The molecule has 1 aliphatic carbocycles. The fourth-order valence-electron chi connectivity index (χ4n) is 6.49. The summed E-state index contributed by atoms with van der Waals surface area (Å²) >= 11 is 0. The average Bonchev–Trinajstić information content (AvgIpc) is 3.43. The van der Waals surface area contributed by atoms with Crippen molar-refractivity contribution < 1.29 is 9.84 Å². The summed E-state index contributed by atoms with van der Waals surface area (Å²) < 4.78 is 8.40. The monoisotopic (exact) mass is 531 g/mol. The molecular weight excluding hydrogens is 490 g/mol. The number of phenols is 1. The van der Waals surface area contributed by atoms with Gasteiger partial charge in [-0.3, -0.25) is 4.68 Å². The molecule has 0 radical (unpaired) electrons. The number of benzene rings is 1. The molecule has 9 nitrogen and oxygen atoms in total. The van der Waals surface area contributed by atoms with Crippen molar-refractivity contribution in [3.05, 3.63) is 42.7 Å². The molecule has 39 heavy (non-hydrogen) atoms. The Morgan fingerprint density at radius 3 is 2.59 bits per heavy atom. The molecule has 4 N–H and O–H groups in total. The number of rotatable bonds is 8. The van der Waals surface area contributed by atoms with E-state index in [1.165, 1.54) is 32.2 Å². The second kappa shape index (κ2) is 11.6. The zero-order valence-corrected chi connectivity index (χ0v) is 22.9. The summed E-state index contributed by atoms with van der Waals surface area (Å²) in [5, 5.41) is 26.7. The van der Waals surface area contributed by atoms with Gasteiger partial charge < -0.3 is 25.8 Å². The molecule has 2 aliphatic heterocycles. The number of anilines is 1. The Hall–Kier alpha value is -3.01. The van der Waals surface area contributed by atoms with Crippen LogP contribution in [0.15, 0.2) is 42.7 Å². The number of likely N-dealkylation sites (tertiary alicyclic amines) is 1. The second-order valence-electron chi connectivity index (χ2n) is 11.7. The SMILES string of the molecule is CC(C1CCN(CC2CC(OC3CCNCC3)C2)CC1)n1cc(-c2cc(-c3ccccc3O)nnc2N)cn1. The highest BCUT2D eigenvalue weighted by Crippen LogP contribution is 2.36. The minimum atomic E-state index is 0.167. The summed E-state index contributed by atoms with van der Waals surface area (Å²) in [6, 6.07) is 9.31. The Bertz CT molecular complexity index is 1240. The van der Waals surface area contributed by atoms with Gasteiger partial charge in [0.15, 0.2) is 5.82 Å². The molecule has 3 fully saturated rings. The maximum Gasteiger partial charge on any atom is 0.154 e. The van der Waals surface area contributed by atoms with Gasteiger partial charge in [-0.15, -0.1) is 10.2 Å². The molecule has 1 unspecified atom stereocenters. The highest BCUT2D eigenvalue weighted by molar-refractivity contribution is 5.78. The Morgan fingerprint density at radius 2 is 1.82 bits per heavy atom. The maximum absolute atomic E-state index is 10.2. The number of phenolic OH excluding ortho intramolecular Hbond substituents is 1. The van der Waals surface area contributed by atoms with Crippen LogP contribution in [0.4, 0.5) is 5.82 Å². The summed E-state index contributed by atoms with van der Waals surface area (Å²) in [6.07, 6.45) is 12.1. The van der Waals surface area contributed by atoms with Crippen LogP contribution in [0, 0.1) is 11.8 Å². The fourth-order valence-corrected chi connectivity index (χ4v) is 6.49. The van der Waals surface area contributed by atoms with Crippen LogP contribution >= 0.6 is 0 Å². The number of nitrogens with zero attached hydrogens (tertiary/aromatic N) is 5. The van der Waals surface area contributed by atoms with E-state index in [1.54, 1.807) is 12.1 Å². The third-order valence-corrected chi connectivity index (χ3v) is 9.03. The number of hydrogen-bond donors (Lipinski definition) is 3. The van der Waals surface area contributed by atoms with Crippen molar-refractivity contribution in [1.82, 2.24) is 30.2 Å². The Kier molecular flexibility index (Phi) is 7.81. The minimum Gasteiger partial charge on any atom is -0.507 e. The van der Waals surface area contributed by atoms with Gasteiger partial charge in [0.05, 0.1) is 30.1 Å². The second-order valence-corrected chi connectivity index (χ2v) is 11.7. The van der Waals surface area contributed by atoms with Crippen molar-refractivity contribution in [1.29, 1.82) is 0 Å². The number of aromatic nitrogens is 4. The largest absolute Gasteiger partial charge is 0.507 e. The number of nitrogen functional groups attached to an aromatic ring is 1. The molecule has 2 saturated heterocycles. The van der Waals surface area contributed by atoms with Crippen LogP contribution in [-0.4, -0.2) is 74.9 Å². The number of aromatic hydroxyl groups is 1. The van der Waals surface area contributed by atoms with E-state index in [0.29, 0.717) is 41.2 Å². The number of para-hydroxylation sites is 1. The quantitative estimate of drug-likeness (QED) is 0.398. The Morgan fingerprint density at radius 1 is 1.05 bits per heavy atom. The predicted molar refractivity (Wildman–Crippen MR) is 152 cm³/mol. The van der Waals surface area contributed by atoms with E-state index in [2.05, 4.69) is 38.2 Å². The van der Waals surface area contributed by atoms with Crippen LogP contribution in [0.3, 0.4) is 0 Å². The molecule has 3 aliphatic rings.